The summed E-state index contributed by atoms with van der Waals surface area (Å²) in [4.78, 5) is 32.7. The Morgan fingerprint density at radius 2 is 1.71 bits per heavy atom. The second kappa shape index (κ2) is 14.6. The molecule has 7 nitrogen and oxygen atoms in total. The number of benzene rings is 4. The highest BCUT2D eigenvalue weighted by Crippen LogP contribution is 2.60. The average Bonchev–Trinajstić information content (AvgIpc) is 3.51. The van der Waals surface area contributed by atoms with Crippen molar-refractivity contribution in [3.8, 4) is 5.75 Å². The summed E-state index contributed by atoms with van der Waals surface area (Å²) in [5.41, 5.74) is 2.07. The van der Waals surface area contributed by atoms with Gasteiger partial charge in [0.15, 0.2) is 5.60 Å². The fourth-order valence-electron chi connectivity index (χ4n) is 7.93. The van der Waals surface area contributed by atoms with Crippen molar-refractivity contribution < 1.29 is 24.2 Å². The number of hydrogen-bond acceptors (Lipinski definition) is 5. The van der Waals surface area contributed by atoms with Crippen LogP contribution < -0.4 is 14.8 Å². The molecule has 6 rings (SSSR count). The minimum absolute atomic E-state index is 0.0798. The molecule has 2 amide bonds. The Morgan fingerprint density at radius 1 is 1.02 bits per heavy atom. The summed E-state index contributed by atoms with van der Waals surface area (Å²) in [6, 6.07) is 31.7. The minimum atomic E-state index is -2.47. The van der Waals surface area contributed by atoms with Crippen LogP contribution in [0.4, 0.5) is 5.69 Å². The summed E-state index contributed by atoms with van der Waals surface area (Å²) >= 11 is 8.94. The molecule has 1 spiro atoms. The normalized spacial score (nSPS) is 21.7. The van der Waals surface area contributed by atoms with E-state index in [1.165, 1.54) is 5.19 Å². The molecule has 1 saturated heterocycles. The van der Waals surface area contributed by atoms with E-state index in [-0.39, 0.29) is 42.8 Å². The van der Waals surface area contributed by atoms with Crippen molar-refractivity contribution in [1.82, 2.24) is 4.90 Å². The Bertz CT molecular complexity index is 1810. The smallest absolute Gasteiger partial charge is 0.264 e. The number of carbonyl (C=O) groups is 2. The minimum Gasteiger partial charge on any atom is -0.497 e. The van der Waals surface area contributed by atoms with E-state index in [1.54, 1.807) is 12.0 Å². The van der Waals surface area contributed by atoms with E-state index in [2.05, 4.69) is 54.7 Å². The van der Waals surface area contributed by atoms with Crippen LogP contribution in [-0.4, -0.2) is 56.3 Å². The van der Waals surface area contributed by atoms with Crippen LogP contribution in [0.5, 0.6) is 5.75 Å². The highest BCUT2D eigenvalue weighted by molar-refractivity contribution is 14.1. The zero-order valence-corrected chi connectivity index (χ0v) is 32.1. The average molecular weight is 809 g/mol. The van der Waals surface area contributed by atoms with Crippen LogP contribution in [0.15, 0.2) is 97.1 Å². The van der Waals surface area contributed by atoms with Crippen LogP contribution in [0.1, 0.15) is 30.0 Å². The third-order valence-electron chi connectivity index (χ3n) is 10.4. The highest BCUT2D eigenvalue weighted by Gasteiger charge is 2.66. The summed E-state index contributed by atoms with van der Waals surface area (Å²) in [7, 11) is -0.816. The number of halogens is 2. The quantitative estimate of drug-likeness (QED) is 0.129. The number of nitrogens with zero attached hydrogens (tertiary/aromatic N) is 2. The van der Waals surface area contributed by atoms with Crippen molar-refractivity contribution >= 4 is 65.0 Å². The molecule has 0 saturated carbocycles. The zero-order chi connectivity index (χ0) is 34.9. The largest absolute Gasteiger partial charge is 0.497 e. The summed E-state index contributed by atoms with van der Waals surface area (Å²) in [6.07, 6.45) is -0.478. The molecule has 4 aromatic rings. The number of aliphatic hydroxyl groups excluding tert-OH is 1. The van der Waals surface area contributed by atoms with Crippen molar-refractivity contribution in [3.05, 3.63) is 122 Å². The first-order valence-electron chi connectivity index (χ1n) is 16.6. The molecule has 4 atom stereocenters. The second-order valence-corrected chi connectivity index (χ2v) is 19.9. The Morgan fingerprint density at radius 3 is 2.37 bits per heavy atom. The van der Waals surface area contributed by atoms with Crippen molar-refractivity contribution in [2.45, 2.75) is 56.8 Å². The van der Waals surface area contributed by atoms with Crippen molar-refractivity contribution in [1.29, 1.82) is 0 Å². The summed E-state index contributed by atoms with van der Waals surface area (Å²) in [5, 5.41) is 11.7. The first kappa shape index (κ1) is 35.6. The van der Waals surface area contributed by atoms with Crippen LogP contribution in [0, 0.1) is 9.49 Å². The number of amides is 2. The number of methoxy groups -OCH3 is 1. The van der Waals surface area contributed by atoms with Crippen LogP contribution in [0.25, 0.3) is 0 Å². The second-order valence-electron chi connectivity index (χ2n) is 13.6. The number of fused-ring (bicyclic) bond motifs is 2. The third kappa shape index (κ3) is 6.80. The van der Waals surface area contributed by atoms with Gasteiger partial charge in [0.1, 0.15) is 5.75 Å². The van der Waals surface area contributed by atoms with Gasteiger partial charge in [0.05, 0.1) is 46.5 Å². The molecule has 0 aliphatic carbocycles. The van der Waals surface area contributed by atoms with Gasteiger partial charge in [0.2, 0.25) is 5.91 Å². The number of ether oxygens (including phenoxy) is 2. The number of hydrogen-bond donors (Lipinski definition) is 1. The van der Waals surface area contributed by atoms with Crippen LogP contribution in [0.2, 0.25) is 23.7 Å². The van der Waals surface area contributed by atoms with Gasteiger partial charge in [0.25, 0.3) is 5.91 Å². The van der Waals surface area contributed by atoms with Gasteiger partial charge in [-0.3, -0.25) is 9.59 Å². The predicted octanol–water partition coefficient (Wildman–Crippen LogP) is 7.13. The lowest BCUT2D eigenvalue weighted by Crippen LogP contribution is -2.52. The molecule has 10 heteroatoms. The van der Waals surface area contributed by atoms with Crippen molar-refractivity contribution in [3.63, 3.8) is 0 Å². The summed E-state index contributed by atoms with van der Waals surface area (Å²) in [6.45, 7) is 7.51. The van der Waals surface area contributed by atoms with Gasteiger partial charge >= 0.3 is 0 Å². The molecule has 0 radical (unpaired) electrons. The Labute approximate surface area is 308 Å². The summed E-state index contributed by atoms with van der Waals surface area (Å²) in [5.74, 6) is 0.241. The fourth-order valence-corrected chi connectivity index (χ4v) is 12.5. The predicted molar refractivity (Wildman–Crippen MR) is 205 cm³/mol. The maximum Gasteiger partial charge on any atom is 0.264 e. The molecular weight excluding hydrogens is 767 g/mol. The maximum atomic E-state index is 15.0. The van der Waals surface area contributed by atoms with E-state index in [4.69, 9.17) is 21.1 Å². The van der Waals surface area contributed by atoms with E-state index in [0.29, 0.717) is 18.1 Å². The van der Waals surface area contributed by atoms with E-state index in [1.807, 2.05) is 89.8 Å². The standard InChI is InChI=1S/C39H42ClIN2O5Si/c1-26-37(49(3,4)32-17-15-31(47-2)16-18-32)35(23-36(45)42(20-21-44)24-27-8-6-5-7-9-27)48-39(26)33-22-29(40)12-19-34(33)43(38(39)46)25-28-10-13-30(41)14-11-28/h5-19,22,26,35,37,44H,20-21,23-25H2,1-4H3/t26-,35+,37-,39+/m0/s1. The van der Waals surface area contributed by atoms with Gasteiger partial charge in [-0.25, -0.2) is 0 Å². The molecule has 0 unspecified atom stereocenters. The third-order valence-corrected chi connectivity index (χ3v) is 15.7. The van der Waals surface area contributed by atoms with Gasteiger partial charge < -0.3 is 24.4 Å². The van der Waals surface area contributed by atoms with E-state index < -0.39 is 19.8 Å². The van der Waals surface area contributed by atoms with Gasteiger partial charge in [0, 0.05) is 33.2 Å². The molecule has 0 aromatic heterocycles. The van der Waals surface area contributed by atoms with Crippen molar-refractivity contribution in [2.75, 3.05) is 25.2 Å². The van der Waals surface area contributed by atoms with Crippen LogP contribution in [-0.2, 0) is 33.0 Å². The lowest BCUT2D eigenvalue weighted by atomic mass is 9.82. The molecule has 2 heterocycles. The first-order chi connectivity index (χ1) is 23.5. The Hall–Kier alpha value is -3.22. The Kier molecular flexibility index (Phi) is 10.6. The van der Waals surface area contributed by atoms with Gasteiger partial charge in [-0.05, 0) is 81.7 Å². The zero-order valence-electron chi connectivity index (χ0n) is 28.2. The maximum absolute atomic E-state index is 15.0. The van der Waals surface area contributed by atoms with E-state index >= 15 is 4.79 Å². The number of anilines is 1. The molecule has 1 fully saturated rings. The van der Waals surface area contributed by atoms with Crippen LogP contribution in [0.3, 0.4) is 0 Å². The molecule has 4 aromatic carbocycles. The number of rotatable bonds is 11. The van der Waals surface area contributed by atoms with Gasteiger partial charge in [-0.2, -0.15) is 0 Å². The molecule has 256 valence electrons. The molecule has 2 aliphatic heterocycles. The molecule has 0 bridgehead atoms. The fraction of sp³-hybridized carbons (Fsp3) is 0.333. The monoisotopic (exact) mass is 808 g/mol. The van der Waals surface area contributed by atoms with Gasteiger partial charge in [-0.15, -0.1) is 0 Å². The van der Waals surface area contributed by atoms with Crippen molar-refractivity contribution in [2.24, 2.45) is 5.92 Å². The molecule has 2 aliphatic rings. The lowest BCUT2D eigenvalue weighted by molar-refractivity contribution is -0.150. The number of aliphatic hydroxyl groups is 1. The highest BCUT2D eigenvalue weighted by atomic mass is 127. The SMILES string of the molecule is COc1ccc([Si](C)(C)[C@@H]2[C@@H](CC(=O)N(CCO)Cc3ccccc3)O[C@]3(C(=O)N(Cc4ccc(I)cc4)c4ccc(Cl)cc43)[C@H]2C)cc1. The van der Waals surface area contributed by atoms with Gasteiger partial charge in [-0.1, -0.05) is 91.4 Å². The topological polar surface area (TPSA) is 79.3 Å². The first-order valence-corrected chi connectivity index (χ1v) is 21.1. The van der Waals surface area contributed by atoms with E-state index in [0.717, 1.165) is 31.7 Å². The number of carbonyl (C=O) groups excluding carboxylic acids is 2. The molecular formula is C39H42ClIN2O5Si. The van der Waals surface area contributed by atoms with E-state index in [9.17, 15) is 9.90 Å². The molecule has 1 N–H and O–H groups in total. The molecule has 49 heavy (non-hydrogen) atoms. The summed E-state index contributed by atoms with van der Waals surface area (Å²) < 4.78 is 13.8. The van der Waals surface area contributed by atoms with Crippen LogP contribution >= 0.6 is 34.2 Å². The lowest BCUT2D eigenvalue weighted by Gasteiger charge is -2.37. The Balaban J connectivity index is 1.42.